The van der Waals surface area contributed by atoms with E-state index in [1.54, 1.807) is 23.1 Å². The molecule has 0 unspecified atom stereocenters. The number of nitrogens with two attached hydrogens (primary N) is 1. The van der Waals surface area contributed by atoms with Crippen molar-refractivity contribution in [1.29, 1.82) is 0 Å². The first-order valence-corrected chi connectivity index (χ1v) is 9.65. The van der Waals surface area contributed by atoms with Crippen LogP contribution < -0.4 is 16.1 Å². The van der Waals surface area contributed by atoms with Crippen molar-refractivity contribution in [2.24, 2.45) is 10.8 Å². The first kappa shape index (κ1) is 22.0. The Bertz CT molecular complexity index is 906. The van der Waals surface area contributed by atoms with Crippen molar-refractivity contribution >= 4 is 29.2 Å². The van der Waals surface area contributed by atoms with Crippen molar-refractivity contribution in [3.63, 3.8) is 0 Å². The van der Waals surface area contributed by atoms with Crippen LogP contribution in [-0.2, 0) is 12.7 Å². The first-order valence-electron chi connectivity index (χ1n) is 9.24. The molecule has 10 heteroatoms. The SMILES string of the molecule is NC(=S)NN=Cc1ccc(N2CCN(Cc3ccc(F)cc3)CC2)c(C(F)(F)F)c1. The van der Waals surface area contributed by atoms with E-state index in [9.17, 15) is 17.6 Å². The second kappa shape index (κ2) is 9.40. The number of rotatable bonds is 5. The van der Waals surface area contributed by atoms with Crippen molar-refractivity contribution in [1.82, 2.24) is 10.3 Å². The first-order chi connectivity index (χ1) is 14.2. The van der Waals surface area contributed by atoms with Gasteiger partial charge in [-0.3, -0.25) is 10.3 Å². The van der Waals surface area contributed by atoms with Gasteiger partial charge in [0.2, 0.25) is 0 Å². The van der Waals surface area contributed by atoms with Gasteiger partial charge in [0.15, 0.2) is 5.11 Å². The molecular formula is C20H21F4N5S. The van der Waals surface area contributed by atoms with E-state index in [1.165, 1.54) is 24.4 Å². The quantitative estimate of drug-likeness (QED) is 0.324. The van der Waals surface area contributed by atoms with Gasteiger partial charge in [0, 0.05) is 38.4 Å². The Kier molecular flexibility index (Phi) is 6.88. The second-order valence-corrected chi connectivity index (χ2v) is 7.34. The van der Waals surface area contributed by atoms with Crippen molar-refractivity contribution in [2.45, 2.75) is 12.7 Å². The van der Waals surface area contributed by atoms with Crippen LogP contribution in [0.25, 0.3) is 0 Å². The molecule has 5 nitrogen and oxygen atoms in total. The molecule has 0 radical (unpaired) electrons. The Morgan fingerprint density at radius 3 is 2.37 bits per heavy atom. The van der Waals surface area contributed by atoms with Gasteiger partial charge in [-0.1, -0.05) is 18.2 Å². The second-order valence-electron chi connectivity index (χ2n) is 6.90. The number of piperazine rings is 1. The molecular weight excluding hydrogens is 418 g/mol. The monoisotopic (exact) mass is 439 g/mol. The molecule has 3 rings (SSSR count). The smallest absolute Gasteiger partial charge is 0.375 e. The average Bonchev–Trinajstić information content (AvgIpc) is 2.69. The molecule has 0 aliphatic carbocycles. The molecule has 1 aliphatic heterocycles. The van der Waals surface area contributed by atoms with Crippen LogP contribution in [0.4, 0.5) is 23.2 Å². The highest BCUT2D eigenvalue weighted by atomic mass is 32.1. The standard InChI is InChI=1S/C20H21F4N5S/c21-16-4-1-14(2-5-16)13-28-7-9-29(10-8-28)18-6-3-15(12-26-27-19(25)30)11-17(18)20(22,23)24/h1-6,11-12H,7-10,13H2,(H3,25,27,30). The summed E-state index contributed by atoms with van der Waals surface area (Å²) in [5.74, 6) is -0.293. The van der Waals surface area contributed by atoms with Gasteiger partial charge in [0.25, 0.3) is 0 Å². The molecule has 0 atom stereocenters. The van der Waals surface area contributed by atoms with Gasteiger partial charge >= 0.3 is 6.18 Å². The number of alkyl halides is 3. The Labute approximate surface area is 177 Å². The maximum absolute atomic E-state index is 13.7. The highest BCUT2D eigenvalue weighted by Gasteiger charge is 2.35. The number of anilines is 1. The summed E-state index contributed by atoms with van der Waals surface area (Å²) in [7, 11) is 0. The number of hydrazone groups is 1. The van der Waals surface area contributed by atoms with Gasteiger partial charge in [-0.05, 0) is 47.6 Å². The molecule has 2 aromatic carbocycles. The van der Waals surface area contributed by atoms with Crippen LogP contribution in [0.3, 0.4) is 0 Å². The van der Waals surface area contributed by atoms with Crippen LogP contribution in [-0.4, -0.2) is 42.4 Å². The van der Waals surface area contributed by atoms with Gasteiger partial charge in [0.1, 0.15) is 5.82 Å². The number of thiocarbonyl (C=S) groups is 1. The highest BCUT2D eigenvalue weighted by Crippen LogP contribution is 2.37. The molecule has 30 heavy (non-hydrogen) atoms. The molecule has 1 fully saturated rings. The largest absolute Gasteiger partial charge is 0.418 e. The van der Waals surface area contributed by atoms with Gasteiger partial charge < -0.3 is 10.6 Å². The number of halogens is 4. The average molecular weight is 439 g/mol. The van der Waals surface area contributed by atoms with Crippen LogP contribution in [0.15, 0.2) is 47.6 Å². The Morgan fingerprint density at radius 2 is 1.77 bits per heavy atom. The number of hydrogen-bond donors (Lipinski definition) is 2. The van der Waals surface area contributed by atoms with E-state index in [-0.39, 0.29) is 22.2 Å². The van der Waals surface area contributed by atoms with E-state index >= 15 is 0 Å². The molecule has 1 aliphatic rings. The zero-order chi connectivity index (χ0) is 21.7. The summed E-state index contributed by atoms with van der Waals surface area (Å²) in [6.07, 6.45) is -3.26. The lowest BCUT2D eigenvalue weighted by atomic mass is 10.1. The van der Waals surface area contributed by atoms with E-state index in [0.717, 1.165) is 11.6 Å². The fourth-order valence-electron chi connectivity index (χ4n) is 3.30. The van der Waals surface area contributed by atoms with E-state index in [2.05, 4.69) is 27.6 Å². The molecule has 160 valence electrons. The lowest BCUT2D eigenvalue weighted by molar-refractivity contribution is -0.137. The van der Waals surface area contributed by atoms with Gasteiger partial charge in [-0.2, -0.15) is 18.3 Å². The van der Waals surface area contributed by atoms with Gasteiger partial charge in [-0.25, -0.2) is 4.39 Å². The van der Waals surface area contributed by atoms with Crippen molar-refractivity contribution < 1.29 is 17.6 Å². The molecule has 1 saturated heterocycles. The van der Waals surface area contributed by atoms with Gasteiger partial charge in [-0.15, -0.1) is 0 Å². The fourth-order valence-corrected chi connectivity index (χ4v) is 3.35. The lowest BCUT2D eigenvalue weighted by Crippen LogP contribution is -2.46. The predicted molar refractivity (Wildman–Crippen MR) is 113 cm³/mol. The summed E-state index contributed by atoms with van der Waals surface area (Å²) in [6, 6.07) is 10.3. The number of benzene rings is 2. The summed E-state index contributed by atoms with van der Waals surface area (Å²) >= 11 is 4.60. The normalized spacial score (nSPS) is 15.5. The van der Waals surface area contributed by atoms with E-state index in [0.29, 0.717) is 32.7 Å². The Hall–Kier alpha value is -2.72. The molecule has 1 heterocycles. The van der Waals surface area contributed by atoms with E-state index < -0.39 is 11.7 Å². The minimum Gasteiger partial charge on any atom is -0.375 e. The summed E-state index contributed by atoms with van der Waals surface area (Å²) in [5, 5.41) is 3.64. The third kappa shape index (κ3) is 5.90. The third-order valence-corrected chi connectivity index (χ3v) is 4.84. The highest BCUT2D eigenvalue weighted by molar-refractivity contribution is 7.80. The van der Waals surface area contributed by atoms with Crippen LogP contribution in [0.5, 0.6) is 0 Å². The molecule has 0 spiro atoms. The van der Waals surface area contributed by atoms with E-state index in [1.807, 2.05) is 0 Å². The van der Waals surface area contributed by atoms with Crippen molar-refractivity contribution in [3.8, 4) is 0 Å². The molecule has 3 N–H and O–H groups in total. The minimum atomic E-state index is -4.50. The molecule has 0 bridgehead atoms. The molecule has 0 amide bonds. The topological polar surface area (TPSA) is 56.9 Å². The zero-order valence-corrected chi connectivity index (χ0v) is 16.8. The van der Waals surface area contributed by atoms with Crippen molar-refractivity contribution in [2.75, 3.05) is 31.1 Å². The zero-order valence-electron chi connectivity index (χ0n) is 16.0. The van der Waals surface area contributed by atoms with Crippen LogP contribution in [0, 0.1) is 5.82 Å². The van der Waals surface area contributed by atoms with Crippen LogP contribution >= 0.6 is 12.2 Å². The van der Waals surface area contributed by atoms with Crippen LogP contribution in [0.2, 0.25) is 0 Å². The maximum atomic E-state index is 13.7. The number of nitrogens with one attached hydrogen (secondary N) is 1. The number of hydrogen-bond acceptors (Lipinski definition) is 4. The third-order valence-electron chi connectivity index (χ3n) is 4.75. The van der Waals surface area contributed by atoms with E-state index in [4.69, 9.17) is 5.73 Å². The van der Waals surface area contributed by atoms with Crippen LogP contribution in [0.1, 0.15) is 16.7 Å². The summed E-state index contributed by atoms with van der Waals surface area (Å²) < 4.78 is 54.0. The summed E-state index contributed by atoms with van der Waals surface area (Å²) in [6.45, 7) is 2.76. The number of nitrogens with zero attached hydrogens (tertiary/aromatic N) is 3. The predicted octanol–water partition coefficient (Wildman–Crippen LogP) is 3.33. The summed E-state index contributed by atoms with van der Waals surface area (Å²) in [4.78, 5) is 3.87. The fraction of sp³-hybridized carbons (Fsp3) is 0.300. The maximum Gasteiger partial charge on any atom is 0.418 e. The Balaban J connectivity index is 1.70. The molecule has 2 aromatic rings. The minimum absolute atomic E-state index is 0.0718. The molecule has 0 saturated carbocycles. The van der Waals surface area contributed by atoms with Gasteiger partial charge in [0.05, 0.1) is 11.8 Å². The van der Waals surface area contributed by atoms with Crippen molar-refractivity contribution in [3.05, 3.63) is 65.0 Å². The lowest BCUT2D eigenvalue weighted by Gasteiger charge is -2.37. The Morgan fingerprint density at radius 1 is 1.10 bits per heavy atom. The molecule has 0 aromatic heterocycles. The summed E-state index contributed by atoms with van der Waals surface area (Å²) in [5.41, 5.74) is 8.24.